The molecule has 3 rings (SSSR count). The summed E-state index contributed by atoms with van der Waals surface area (Å²) in [5.41, 5.74) is 2.43. The van der Waals surface area contributed by atoms with E-state index in [-0.39, 0.29) is 11.6 Å². The van der Waals surface area contributed by atoms with E-state index in [1.807, 2.05) is 18.2 Å². The van der Waals surface area contributed by atoms with Crippen LogP contribution in [0.25, 0.3) is 0 Å². The minimum absolute atomic E-state index is 0.136. The molecule has 4 heteroatoms. The van der Waals surface area contributed by atoms with Crippen LogP contribution in [0.2, 0.25) is 0 Å². The molecule has 0 N–H and O–H groups in total. The molecule has 0 amide bonds. The van der Waals surface area contributed by atoms with Crippen LogP contribution in [-0.4, -0.2) is 23.8 Å². The highest BCUT2D eigenvalue weighted by Crippen LogP contribution is 2.29. The van der Waals surface area contributed by atoms with Crippen molar-refractivity contribution in [3.63, 3.8) is 0 Å². The summed E-state index contributed by atoms with van der Waals surface area (Å²) in [4.78, 5) is 14.6. The summed E-state index contributed by atoms with van der Waals surface area (Å²) < 4.78 is 13.0. The number of hydrogen-bond donors (Lipinski definition) is 0. The molecule has 1 aliphatic rings. The van der Waals surface area contributed by atoms with Gasteiger partial charge in [-0.25, -0.2) is 4.39 Å². The van der Waals surface area contributed by atoms with Gasteiger partial charge >= 0.3 is 0 Å². The van der Waals surface area contributed by atoms with Crippen molar-refractivity contribution in [3.05, 3.63) is 57.5 Å². The molecule has 1 unspecified atom stereocenters. The molecule has 0 aliphatic carbocycles. The maximum absolute atomic E-state index is 13.0. The molecule has 21 heavy (non-hydrogen) atoms. The monoisotopic (exact) mass is 303 g/mol. The van der Waals surface area contributed by atoms with Gasteiger partial charge in [0.15, 0.2) is 5.78 Å². The van der Waals surface area contributed by atoms with Crippen molar-refractivity contribution < 1.29 is 9.18 Å². The highest BCUT2D eigenvalue weighted by molar-refractivity contribution is 7.12. The minimum Gasteiger partial charge on any atom is -0.298 e. The summed E-state index contributed by atoms with van der Waals surface area (Å²) in [5, 5.41) is 2.07. The van der Waals surface area contributed by atoms with Crippen LogP contribution in [0.5, 0.6) is 0 Å². The Morgan fingerprint density at radius 1 is 1.38 bits per heavy atom. The zero-order valence-electron chi connectivity index (χ0n) is 12.0. The van der Waals surface area contributed by atoms with Gasteiger partial charge in [0.1, 0.15) is 5.82 Å². The van der Waals surface area contributed by atoms with Crippen molar-refractivity contribution in [2.45, 2.75) is 25.8 Å². The van der Waals surface area contributed by atoms with Gasteiger partial charge in [-0.05, 0) is 60.5 Å². The van der Waals surface area contributed by atoms with E-state index < -0.39 is 0 Å². The second-order valence-corrected chi connectivity index (χ2v) is 6.56. The molecule has 1 aromatic carbocycles. The van der Waals surface area contributed by atoms with Gasteiger partial charge < -0.3 is 0 Å². The Kier molecular flexibility index (Phi) is 4.17. The zero-order chi connectivity index (χ0) is 14.8. The quantitative estimate of drug-likeness (QED) is 0.793. The number of thiophene rings is 1. The van der Waals surface area contributed by atoms with Crippen molar-refractivity contribution in [2.24, 2.45) is 0 Å². The van der Waals surface area contributed by atoms with Gasteiger partial charge in [-0.3, -0.25) is 9.69 Å². The van der Waals surface area contributed by atoms with E-state index in [0.717, 1.165) is 30.9 Å². The van der Waals surface area contributed by atoms with Crippen LogP contribution in [0.1, 0.15) is 40.1 Å². The Morgan fingerprint density at radius 2 is 2.14 bits per heavy atom. The molecule has 1 atom stereocenters. The number of carbonyl (C=O) groups is 1. The van der Waals surface area contributed by atoms with Gasteiger partial charge in [0.05, 0.1) is 4.88 Å². The van der Waals surface area contributed by atoms with Crippen LogP contribution >= 0.6 is 11.3 Å². The number of nitrogens with zero attached hydrogens (tertiary/aromatic N) is 1. The summed E-state index contributed by atoms with van der Waals surface area (Å²) in [6.07, 6.45) is 1.11. The van der Waals surface area contributed by atoms with E-state index in [1.165, 1.54) is 34.6 Å². The highest BCUT2D eigenvalue weighted by atomic mass is 32.1. The van der Waals surface area contributed by atoms with Gasteiger partial charge in [-0.2, -0.15) is 0 Å². The van der Waals surface area contributed by atoms with Gasteiger partial charge in [0.2, 0.25) is 0 Å². The number of likely N-dealkylation sites (tertiary alicyclic amines) is 1. The Balaban J connectivity index is 1.61. The summed E-state index contributed by atoms with van der Waals surface area (Å²) in [5.74, 6) is 0.442. The van der Waals surface area contributed by atoms with E-state index in [9.17, 15) is 9.18 Å². The third kappa shape index (κ3) is 3.39. The fraction of sp³-hybridized carbons (Fsp3) is 0.353. The van der Waals surface area contributed by atoms with Crippen molar-refractivity contribution in [1.29, 1.82) is 0 Å². The Hall–Kier alpha value is -1.52. The van der Waals surface area contributed by atoms with E-state index in [1.54, 1.807) is 6.92 Å². The Bertz CT molecular complexity index is 634. The molecule has 2 aromatic rings. The van der Waals surface area contributed by atoms with E-state index in [0.29, 0.717) is 5.92 Å². The summed E-state index contributed by atoms with van der Waals surface area (Å²) in [7, 11) is 0. The predicted octanol–water partition coefficient (Wildman–Crippen LogP) is 4.08. The third-order valence-electron chi connectivity index (χ3n) is 4.02. The summed E-state index contributed by atoms with van der Waals surface area (Å²) in [6.45, 7) is 4.54. The molecule has 0 saturated carbocycles. The molecular formula is C17H18FNOS. The number of ketones is 1. The molecule has 0 spiro atoms. The lowest BCUT2D eigenvalue weighted by molar-refractivity contribution is 0.102. The maximum atomic E-state index is 13.0. The number of Topliss-reactive ketones (excluding diaryl/α,β-unsaturated/α-hetero) is 1. The summed E-state index contributed by atoms with van der Waals surface area (Å²) in [6, 6.07) is 8.86. The fourth-order valence-corrected chi connectivity index (χ4v) is 3.69. The topological polar surface area (TPSA) is 20.3 Å². The van der Waals surface area contributed by atoms with Crippen LogP contribution in [0, 0.1) is 5.82 Å². The predicted molar refractivity (Wildman–Crippen MR) is 83.4 cm³/mol. The fourth-order valence-electron chi connectivity index (χ4n) is 2.88. The van der Waals surface area contributed by atoms with Gasteiger partial charge in [0, 0.05) is 13.1 Å². The molecule has 1 fully saturated rings. The first kappa shape index (κ1) is 14.4. The maximum Gasteiger partial charge on any atom is 0.169 e. The van der Waals surface area contributed by atoms with Crippen molar-refractivity contribution in [3.8, 4) is 0 Å². The second-order valence-electron chi connectivity index (χ2n) is 5.65. The zero-order valence-corrected chi connectivity index (χ0v) is 12.8. The van der Waals surface area contributed by atoms with E-state index >= 15 is 0 Å². The average Bonchev–Trinajstić information content (AvgIpc) is 3.10. The molecule has 2 nitrogen and oxygen atoms in total. The third-order valence-corrected chi connectivity index (χ3v) is 5.10. The first-order valence-electron chi connectivity index (χ1n) is 7.18. The van der Waals surface area contributed by atoms with Crippen molar-refractivity contribution in [1.82, 2.24) is 4.90 Å². The molecule has 1 saturated heterocycles. The number of halogens is 1. The average molecular weight is 303 g/mol. The lowest BCUT2D eigenvalue weighted by Crippen LogP contribution is -2.19. The molecule has 1 aliphatic heterocycles. The minimum atomic E-state index is -0.177. The van der Waals surface area contributed by atoms with Crippen molar-refractivity contribution >= 4 is 17.1 Å². The molecular weight excluding hydrogens is 285 g/mol. The van der Waals surface area contributed by atoms with Crippen molar-refractivity contribution in [2.75, 3.05) is 13.1 Å². The molecule has 1 aromatic heterocycles. The van der Waals surface area contributed by atoms with Gasteiger partial charge in [-0.1, -0.05) is 12.1 Å². The Morgan fingerprint density at radius 3 is 2.81 bits per heavy atom. The summed E-state index contributed by atoms with van der Waals surface area (Å²) >= 11 is 1.52. The highest BCUT2D eigenvalue weighted by Gasteiger charge is 2.24. The standard InChI is InChI=1S/C17H18FNOS/c1-12(20)17-8-13(11-21-17)9-19-7-6-15(10-19)14-2-4-16(18)5-3-14/h2-5,8,11,15H,6-7,9-10H2,1H3. The van der Waals surface area contributed by atoms with Gasteiger partial charge in [-0.15, -0.1) is 11.3 Å². The Labute approximate surface area is 128 Å². The molecule has 2 heterocycles. The first-order valence-corrected chi connectivity index (χ1v) is 8.06. The van der Waals surface area contributed by atoms with Crippen LogP contribution in [0.4, 0.5) is 4.39 Å². The largest absolute Gasteiger partial charge is 0.298 e. The lowest BCUT2D eigenvalue weighted by atomic mass is 9.99. The normalized spacial score (nSPS) is 19.0. The number of hydrogen-bond acceptors (Lipinski definition) is 3. The second kappa shape index (κ2) is 6.08. The van der Waals surface area contributed by atoms with E-state index in [4.69, 9.17) is 0 Å². The van der Waals surface area contributed by atoms with Crippen LogP contribution < -0.4 is 0 Å². The molecule has 0 radical (unpaired) electrons. The molecule has 110 valence electrons. The number of carbonyl (C=O) groups excluding carboxylic acids is 1. The first-order chi connectivity index (χ1) is 10.1. The van der Waals surface area contributed by atoms with E-state index in [2.05, 4.69) is 10.3 Å². The van der Waals surface area contributed by atoms with Gasteiger partial charge in [0.25, 0.3) is 0 Å². The lowest BCUT2D eigenvalue weighted by Gasteiger charge is -2.15. The van der Waals surface area contributed by atoms with Crippen LogP contribution in [0.3, 0.4) is 0 Å². The smallest absolute Gasteiger partial charge is 0.169 e. The SMILES string of the molecule is CC(=O)c1cc(CN2CCC(c3ccc(F)cc3)C2)cs1. The number of benzene rings is 1. The van der Waals surface area contributed by atoms with Crippen LogP contribution in [-0.2, 0) is 6.54 Å². The number of rotatable bonds is 4. The molecule has 0 bridgehead atoms. The van der Waals surface area contributed by atoms with Crippen LogP contribution in [0.15, 0.2) is 35.7 Å².